The fourth-order valence-electron chi connectivity index (χ4n) is 4.41. The van der Waals surface area contributed by atoms with E-state index < -0.39 is 6.03 Å². The average molecular weight is 436 g/mol. The Morgan fingerprint density at radius 1 is 1.12 bits per heavy atom. The minimum atomic E-state index is -0.694. The van der Waals surface area contributed by atoms with Gasteiger partial charge in [-0.25, -0.2) is 15.2 Å². The maximum Gasteiger partial charge on any atom is 0.332 e. The minimum Gasteiger partial charge on any atom is -0.497 e. The third kappa shape index (κ3) is 4.26. The molecule has 1 heterocycles. The van der Waals surface area contributed by atoms with Crippen LogP contribution in [0.4, 0.5) is 4.79 Å². The third-order valence-electron chi connectivity index (χ3n) is 6.03. The van der Waals surface area contributed by atoms with E-state index in [4.69, 9.17) is 20.2 Å². The van der Waals surface area contributed by atoms with Crippen molar-refractivity contribution in [2.45, 2.75) is 45.1 Å². The van der Waals surface area contributed by atoms with Crippen LogP contribution in [-0.2, 0) is 0 Å². The monoisotopic (exact) mass is 435 g/mol. The number of nitrogens with one attached hydrogen (secondary N) is 1. The first-order valence-corrected chi connectivity index (χ1v) is 10.9. The standard InChI is InChI=1S/C24H29N5O3/c1-15(27-28-24(25)30)16-9-12-21-20(13-16)26-23(29(21)17-7-5-4-6-8-17)19-11-10-18(31-2)14-22(19)32-3/h9-14,17H,4-8H2,1-3H3,(H3,25,28,30)/b27-15+. The number of rotatable bonds is 6. The molecule has 2 amide bonds. The Morgan fingerprint density at radius 2 is 1.91 bits per heavy atom. The highest BCUT2D eigenvalue weighted by molar-refractivity contribution is 6.01. The van der Waals surface area contributed by atoms with Crippen molar-refractivity contribution in [2.75, 3.05) is 14.2 Å². The number of aromatic nitrogens is 2. The number of nitrogens with two attached hydrogens (primary N) is 1. The molecule has 0 atom stereocenters. The first-order valence-electron chi connectivity index (χ1n) is 10.9. The van der Waals surface area contributed by atoms with Crippen molar-refractivity contribution in [1.82, 2.24) is 15.0 Å². The van der Waals surface area contributed by atoms with Gasteiger partial charge in [-0.3, -0.25) is 0 Å². The highest BCUT2D eigenvalue weighted by atomic mass is 16.5. The summed E-state index contributed by atoms with van der Waals surface area (Å²) in [5.74, 6) is 2.34. The van der Waals surface area contributed by atoms with E-state index in [1.165, 1.54) is 19.3 Å². The molecule has 0 spiro atoms. The maximum atomic E-state index is 11.0. The number of imidazole rings is 1. The van der Waals surface area contributed by atoms with Crippen LogP contribution in [0.5, 0.6) is 11.5 Å². The van der Waals surface area contributed by atoms with E-state index in [0.29, 0.717) is 11.8 Å². The number of hydrogen-bond acceptors (Lipinski definition) is 5. The molecule has 0 unspecified atom stereocenters. The Hall–Kier alpha value is -3.55. The molecule has 32 heavy (non-hydrogen) atoms. The van der Waals surface area contributed by atoms with Crippen LogP contribution in [-0.4, -0.2) is 35.5 Å². The second-order valence-electron chi connectivity index (χ2n) is 8.04. The maximum absolute atomic E-state index is 11.0. The molecular formula is C24H29N5O3. The van der Waals surface area contributed by atoms with Gasteiger partial charge in [-0.1, -0.05) is 25.3 Å². The topological polar surface area (TPSA) is 104 Å². The van der Waals surface area contributed by atoms with E-state index in [9.17, 15) is 4.79 Å². The third-order valence-corrected chi connectivity index (χ3v) is 6.03. The number of hydrogen-bond donors (Lipinski definition) is 2. The summed E-state index contributed by atoms with van der Waals surface area (Å²) in [5, 5.41) is 4.05. The average Bonchev–Trinajstić information content (AvgIpc) is 3.21. The first kappa shape index (κ1) is 21.7. The van der Waals surface area contributed by atoms with Crippen molar-refractivity contribution < 1.29 is 14.3 Å². The Kier molecular flexibility index (Phi) is 6.30. The Bertz CT molecular complexity index is 1160. The zero-order valence-corrected chi connectivity index (χ0v) is 18.7. The van der Waals surface area contributed by atoms with Gasteiger partial charge in [-0.15, -0.1) is 0 Å². The highest BCUT2D eigenvalue weighted by Gasteiger charge is 2.24. The molecule has 0 radical (unpaired) electrons. The van der Waals surface area contributed by atoms with Gasteiger partial charge in [0.15, 0.2) is 0 Å². The lowest BCUT2D eigenvalue weighted by Gasteiger charge is -2.26. The summed E-state index contributed by atoms with van der Waals surface area (Å²) >= 11 is 0. The number of hydrazone groups is 1. The second kappa shape index (κ2) is 9.30. The molecule has 0 bridgehead atoms. The van der Waals surface area contributed by atoms with Crippen molar-refractivity contribution in [3.63, 3.8) is 0 Å². The zero-order chi connectivity index (χ0) is 22.7. The molecule has 0 aliphatic heterocycles. The molecule has 0 saturated heterocycles. The number of nitrogens with zero attached hydrogens (tertiary/aromatic N) is 3. The summed E-state index contributed by atoms with van der Waals surface area (Å²) in [5.41, 5.74) is 11.8. The predicted octanol–water partition coefficient (Wildman–Crippen LogP) is 4.62. The van der Waals surface area contributed by atoms with E-state index in [0.717, 1.165) is 52.3 Å². The Labute approximate surface area is 187 Å². The van der Waals surface area contributed by atoms with Crippen molar-refractivity contribution >= 4 is 22.8 Å². The SMILES string of the molecule is COc1ccc(-c2nc3cc(/C(C)=N/NC(N)=O)ccc3n2C2CCCCC2)c(OC)c1. The van der Waals surface area contributed by atoms with Crippen molar-refractivity contribution in [1.29, 1.82) is 0 Å². The number of carbonyl (C=O) groups is 1. The molecule has 3 aromatic rings. The normalized spacial score (nSPS) is 15.0. The fraction of sp³-hybridized carbons (Fsp3) is 0.375. The number of primary amides is 1. The van der Waals surface area contributed by atoms with Gasteiger partial charge in [0.05, 0.1) is 36.5 Å². The highest BCUT2D eigenvalue weighted by Crippen LogP contribution is 2.40. The number of ether oxygens (including phenoxy) is 2. The van der Waals surface area contributed by atoms with Crippen LogP contribution < -0.4 is 20.6 Å². The lowest BCUT2D eigenvalue weighted by atomic mass is 9.94. The number of carbonyl (C=O) groups excluding carboxylic acids is 1. The van der Waals surface area contributed by atoms with Gasteiger partial charge in [-0.2, -0.15) is 5.10 Å². The quantitative estimate of drug-likeness (QED) is 0.435. The number of fused-ring (bicyclic) bond motifs is 1. The molecule has 4 rings (SSSR count). The largest absolute Gasteiger partial charge is 0.497 e. The molecular weight excluding hydrogens is 406 g/mol. The van der Waals surface area contributed by atoms with Crippen LogP contribution in [0.15, 0.2) is 41.5 Å². The molecule has 1 aliphatic rings. The van der Waals surface area contributed by atoms with Crippen LogP contribution in [0.2, 0.25) is 0 Å². The van der Waals surface area contributed by atoms with E-state index in [2.05, 4.69) is 21.2 Å². The summed E-state index contributed by atoms with van der Waals surface area (Å²) in [6, 6.07) is 11.6. The van der Waals surface area contributed by atoms with E-state index >= 15 is 0 Å². The van der Waals surface area contributed by atoms with Crippen molar-refractivity contribution in [2.24, 2.45) is 10.8 Å². The van der Waals surface area contributed by atoms with Crippen LogP contribution in [0.1, 0.15) is 50.6 Å². The van der Waals surface area contributed by atoms with Gasteiger partial charge in [0, 0.05) is 12.1 Å². The van der Waals surface area contributed by atoms with Gasteiger partial charge >= 0.3 is 6.03 Å². The van der Waals surface area contributed by atoms with Crippen LogP contribution >= 0.6 is 0 Å². The second-order valence-corrected chi connectivity index (χ2v) is 8.04. The summed E-state index contributed by atoms with van der Waals surface area (Å²) in [7, 11) is 3.31. The zero-order valence-electron chi connectivity index (χ0n) is 18.7. The molecule has 3 N–H and O–H groups in total. The van der Waals surface area contributed by atoms with Crippen molar-refractivity contribution in [3.8, 4) is 22.9 Å². The van der Waals surface area contributed by atoms with Crippen molar-refractivity contribution in [3.05, 3.63) is 42.0 Å². The summed E-state index contributed by atoms with van der Waals surface area (Å²) in [6.07, 6.45) is 5.96. The molecule has 1 aliphatic carbocycles. The summed E-state index contributed by atoms with van der Waals surface area (Å²) in [6.45, 7) is 1.82. The Balaban J connectivity index is 1.87. The van der Waals surface area contributed by atoms with Gasteiger partial charge in [0.1, 0.15) is 17.3 Å². The molecule has 1 aromatic heterocycles. The van der Waals surface area contributed by atoms with Gasteiger partial charge in [0.2, 0.25) is 0 Å². The number of amides is 2. The molecule has 2 aromatic carbocycles. The predicted molar refractivity (Wildman–Crippen MR) is 125 cm³/mol. The van der Waals surface area contributed by atoms with Crippen LogP contribution in [0.3, 0.4) is 0 Å². The molecule has 168 valence electrons. The van der Waals surface area contributed by atoms with Gasteiger partial charge in [0.25, 0.3) is 0 Å². The molecule has 8 heteroatoms. The van der Waals surface area contributed by atoms with Crippen LogP contribution in [0, 0.1) is 0 Å². The van der Waals surface area contributed by atoms with E-state index in [1.807, 2.05) is 37.3 Å². The number of methoxy groups -OCH3 is 2. The van der Waals surface area contributed by atoms with E-state index in [1.54, 1.807) is 14.2 Å². The first-order chi connectivity index (χ1) is 15.5. The van der Waals surface area contributed by atoms with Gasteiger partial charge in [-0.05, 0) is 49.6 Å². The molecule has 1 saturated carbocycles. The molecule has 8 nitrogen and oxygen atoms in total. The summed E-state index contributed by atoms with van der Waals surface area (Å²) < 4.78 is 13.4. The Morgan fingerprint density at radius 3 is 2.59 bits per heavy atom. The van der Waals surface area contributed by atoms with Gasteiger partial charge < -0.3 is 19.8 Å². The summed E-state index contributed by atoms with van der Waals surface area (Å²) in [4.78, 5) is 16.0. The molecule has 1 fully saturated rings. The van der Waals surface area contributed by atoms with E-state index in [-0.39, 0.29) is 0 Å². The minimum absolute atomic E-state index is 0.382. The number of benzene rings is 2. The smallest absolute Gasteiger partial charge is 0.332 e. The lowest BCUT2D eigenvalue weighted by Crippen LogP contribution is -2.25. The van der Waals surface area contributed by atoms with Crippen LogP contribution in [0.25, 0.3) is 22.4 Å². The number of urea groups is 1. The fourth-order valence-corrected chi connectivity index (χ4v) is 4.41. The lowest BCUT2D eigenvalue weighted by molar-refractivity contribution is 0.249.